The van der Waals surface area contributed by atoms with Crippen LogP contribution in [0.4, 0.5) is 0 Å². The molecule has 88 valence electrons. The molecule has 0 amide bonds. The summed E-state index contributed by atoms with van der Waals surface area (Å²) in [5, 5.41) is 11.8. The number of carbonyl (C=O) groups is 1. The summed E-state index contributed by atoms with van der Waals surface area (Å²) in [6.45, 7) is 3.40. The lowest BCUT2D eigenvalue weighted by Crippen LogP contribution is -2.25. The number of nitrogens with one attached hydrogen (secondary N) is 1. The van der Waals surface area contributed by atoms with Crippen LogP contribution in [0.1, 0.15) is 18.1 Å². The molecule has 0 aliphatic heterocycles. The van der Waals surface area contributed by atoms with Gasteiger partial charge in [0.05, 0.1) is 5.92 Å². The first-order valence-corrected chi connectivity index (χ1v) is 5.35. The Morgan fingerprint density at radius 1 is 1.38 bits per heavy atom. The standard InChI is InChI=1S/C12H18N2O2/c1-9(12(15)16)7-14-8-11-4-2-10(6-13)3-5-11/h2-5,9,14H,6-8,13H2,1H3,(H,15,16). The zero-order valence-electron chi connectivity index (χ0n) is 9.44. The van der Waals surface area contributed by atoms with E-state index in [1.807, 2.05) is 24.3 Å². The maximum atomic E-state index is 10.6. The first-order valence-electron chi connectivity index (χ1n) is 5.35. The van der Waals surface area contributed by atoms with Gasteiger partial charge >= 0.3 is 5.97 Å². The van der Waals surface area contributed by atoms with Gasteiger partial charge in [0, 0.05) is 19.6 Å². The topological polar surface area (TPSA) is 75.3 Å². The Morgan fingerprint density at radius 2 is 1.94 bits per heavy atom. The van der Waals surface area contributed by atoms with E-state index in [0.717, 1.165) is 11.1 Å². The molecule has 0 aromatic heterocycles. The molecular formula is C12H18N2O2. The minimum atomic E-state index is -0.772. The van der Waals surface area contributed by atoms with Gasteiger partial charge in [-0.25, -0.2) is 0 Å². The molecular weight excluding hydrogens is 204 g/mol. The molecule has 0 spiro atoms. The molecule has 1 aromatic rings. The second kappa shape index (κ2) is 6.25. The van der Waals surface area contributed by atoms with E-state index in [-0.39, 0.29) is 5.92 Å². The molecule has 0 heterocycles. The number of rotatable bonds is 6. The van der Waals surface area contributed by atoms with Crippen LogP contribution in [0.2, 0.25) is 0 Å². The Bertz CT molecular complexity index is 335. The fraction of sp³-hybridized carbons (Fsp3) is 0.417. The zero-order valence-corrected chi connectivity index (χ0v) is 9.44. The van der Waals surface area contributed by atoms with E-state index < -0.39 is 5.97 Å². The summed E-state index contributed by atoms with van der Waals surface area (Å²) in [4.78, 5) is 10.6. The lowest BCUT2D eigenvalue weighted by Gasteiger charge is -2.08. The Labute approximate surface area is 95.5 Å². The van der Waals surface area contributed by atoms with Crippen molar-refractivity contribution in [2.45, 2.75) is 20.0 Å². The van der Waals surface area contributed by atoms with Crippen molar-refractivity contribution in [1.29, 1.82) is 0 Å². The second-order valence-electron chi connectivity index (χ2n) is 3.89. The highest BCUT2D eigenvalue weighted by Crippen LogP contribution is 2.03. The van der Waals surface area contributed by atoms with Crippen molar-refractivity contribution in [2.75, 3.05) is 6.54 Å². The fourth-order valence-corrected chi connectivity index (χ4v) is 1.31. The number of nitrogens with two attached hydrogens (primary N) is 1. The molecule has 4 nitrogen and oxygen atoms in total. The molecule has 1 aromatic carbocycles. The van der Waals surface area contributed by atoms with Gasteiger partial charge in [-0.15, -0.1) is 0 Å². The monoisotopic (exact) mass is 222 g/mol. The number of carboxylic acids is 1. The van der Waals surface area contributed by atoms with Crippen molar-refractivity contribution in [3.63, 3.8) is 0 Å². The number of aliphatic carboxylic acids is 1. The van der Waals surface area contributed by atoms with Crippen LogP contribution in [0.15, 0.2) is 24.3 Å². The van der Waals surface area contributed by atoms with Gasteiger partial charge in [-0.05, 0) is 11.1 Å². The highest BCUT2D eigenvalue weighted by atomic mass is 16.4. The largest absolute Gasteiger partial charge is 0.481 e. The molecule has 0 bridgehead atoms. The van der Waals surface area contributed by atoms with Crippen LogP contribution >= 0.6 is 0 Å². The Hall–Kier alpha value is -1.39. The smallest absolute Gasteiger partial charge is 0.307 e. The Balaban J connectivity index is 2.34. The predicted molar refractivity (Wildman–Crippen MR) is 62.8 cm³/mol. The van der Waals surface area contributed by atoms with E-state index in [1.54, 1.807) is 6.92 Å². The normalized spacial score (nSPS) is 12.4. The van der Waals surface area contributed by atoms with Crippen molar-refractivity contribution >= 4 is 5.97 Å². The van der Waals surface area contributed by atoms with Gasteiger partial charge in [0.1, 0.15) is 0 Å². The molecule has 0 aliphatic carbocycles. The lowest BCUT2D eigenvalue weighted by molar-refractivity contribution is -0.140. The number of carboxylic acid groups (broad SMARTS) is 1. The first-order chi connectivity index (χ1) is 7.63. The summed E-state index contributed by atoms with van der Waals surface area (Å²) >= 11 is 0. The minimum absolute atomic E-state index is 0.358. The van der Waals surface area contributed by atoms with Crippen LogP contribution in [0.3, 0.4) is 0 Å². The third-order valence-corrected chi connectivity index (χ3v) is 2.46. The third-order valence-electron chi connectivity index (χ3n) is 2.46. The van der Waals surface area contributed by atoms with E-state index >= 15 is 0 Å². The molecule has 1 atom stereocenters. The molecule has 1 rings (SSSR count). The first kappa shape index (κ1) is 12.7. The summed E-state index contributed by atoms with van der Waals surface area (Å²) in [7, 11) is 0. The average Bonchev–Trinajstić information content (AvgIpc) is 2.29. The molecule has 0 saturated carbocycles. The third kappa shape index (κ3) is 4.00. The number of hydrogen-bond acceptors (Lipinski definition) is 3. The second-order valence-corrected chi connectivity index (χ2v) is 3.89. The van der Waals surface area contributed by atoms with Crippen LogP contribution in [0.5, 0.6) is 0 Å². The molecule has 0 saturated heterocycles. The fourth-order valence-electron chi connectivity index (χ4n) is 1.31. The van der Waals surface area contributed by atoms with Crippen LogP contribution in [-0.2, 0) is 17.9 Å². The van der Waals surface area contributed by atoms with Gasteiger partial charge in [0.25, 0.3) is 0 Å². The van der Waals surface area contributed by atoms with E-state index in [9.17, 15) is 4.79 Å². The summed E-state index contributed by atoms with van der Waals surface area (Å²) in [5.74, 6) is -1.13. The van der Waals surface area contributed by atoms with Crippen LogP contribution in [0, 0.1) is 5.92 Å². The quantitative estimate of drug-likeness (QED) is 0.670. The maximum Gasteiger partial charge on any atom is 0.307 e. The van der Waals surface area contributed by atoms with E-state index in [1.165, 1.54) is 0 Å². The molecule has 1 unspecified atom stereocenters. The lowest BCUT2D eigenvalue weighted by atomic mass is 10.1. The molecule has 0 aliphatic rings. The van der Waals surface area contributed by atoms with Gasteiger partial charge in [-0.1, -0.05) is 31.2 Å². The van der Waals surface area contributed by atoms with Gasteiger partial charge in [-0.3, -0.25) is 4.79 Å². The van der Waals surface area contributed by atoms with E-state index in [2.05, 4.69) is 5.32 Å². The number of benzene rings is 1. The van der Waals surface area contributed by atoms with Crippen molar-refractivity contribution in [3.8, 4) is 0 Å². The maximum absolute atomic E-state index is 10.6. The highest BCUT2D eigenvalue weighted by molar-refractivity contribution is 5.69. The molecule has 4 heteroatoms. The van der Waals surface area contributed by atoms with Crippen molar-refractivity contribution in [2.24, 2.45) is 11.7 Å². The van der Waals surface area contributed by atoms with Crippen LogP contribution in [0.25, 0.3) is 0 Å². The van der Waals surface area contributed by atoms with Crippen molar-refractivity contribution in [1.82, 2.24) is 5.32 Å². The zero-order chi connectivity index (χ0) is 12.0. The van der Waals surface area contributed by atoms with Crippen molar-refractivity contribution < 1.29 is 9.90 Å². The predicted octanol–water partition coefficient (Wildman–Crippen LogP) is 0.956. The number of hydrogen-bond donors (Lipinski definition) is 3. The molecule has 0 fully saturated rings. The SMILES string of the molecule is CC(CNCc1ccc(CN)cc1)C(=O)O. The molecule has 4 N–H and O–H groups in total. The molecule has 16 heavy (non-hydrogen) atoms. The van der Waals surface area contributed by atoms with Gasteiger partial charge < -0.3 is 16.2 Å². The van der Waals surface area contributed by atoms with Crippen LogP contribution < -0.4 is 11.1 Å². The highest BCUT2D eigenvalue weighted by Gasteiger charge is 2.09. The van der Waals surface area contributed by atoms with Crippen LogP contribution in [-0.4, -0.2) is 17.6 Å². The van der Waals surface area contributed by atoms with Crippen molar-refractivity contribution in [3.05, 3.63) is 35.4 Å². The summed E-state index contributed by atoms with van der Waals surface area (Å²) in [5.41, 5.74) is 7.73. The summed E-state index contributed by atoms with van der Waals surface area (Å²) < 4.78 is 0. The van der Waals surface area contributed by atoms with Gasteiger partial charge in [0.15, 0.2) is 0 Å². The Morgan fingerprint density at radius 3 is 2.44 bits per heavy atom. The van der Waals surface area contributed by atoms with E-state index in [4.69, 9.17) is 10.8 Å². The van der Waals surface area contributed by atoms with Gasteiger partial charge in [0.2, 0.25) is 0 Å². The Kier molecular flexibility index (Phi) is 4.95. The molecule has 0 radical (unpaired) electrons. The summed E-state index contributed by atoms with van der Waals surface area (Å²) in [6.07, 6.45) is 0. The van der Waals surface area contributed by atoms with E-state index in [0.29, 0.717) is 19.6 Å². The minimum Gasteiger partial charge on any atom is -0.481 e. The van der Waals surface area contributed by atoms with Gasteiger partial charge in [-0.2, -0.15) is 0 Å². The summed E-state index contributed by atoms with van der Waals surface area (Å²) in [6, 6.07) is 7.97. The average molecular weight is 222 g/mol.